The minimum absolute atomic E-state index is 0.132. The van der Waals surface area contributed by atoms with E-state index in [1.54, 1.807) is 18.2 Å². The molecule has 0 radical (unpaired) electrons. The highest BCUT2D eigenvalue weighted by atomic mass is 35.5. The molecule has 0 aliphatic heterocycles. The number of hydrogen-bond acceptors (Lipinski definition) is 6. The summed E-state index contributed by atoms with van der Waals surface area (Å²) >= 11 is 11.8. The van der Waals surface area contributed by atoms with E-state index in [1.165, 1.54) is 0 Å². The number of carbonyl (C=O) groups excluding carboxylic acids is 1. The van der Waals surface area contributed by atoms with Crippen LogP contribution < -0.4 is 20.7 Å². The first-order valence-electron chi connectivity index (χ1n) is 8.16. The van der Waals surface area contributed by atoms with Gasteiger partial charge >= 0.3 is 0 Å². The number of amides is 1. The van der Waals surface area contributed by atoms with Crippen LogP contribution in [0.3, 0.4) is 0 Å². The number of carbonyl (C=O) groups is 1. The van der Waals surface area contributed by atoms with Crippen molar-refractivity contribution in [2.45, 2.75) is 13.8 Å². The normalized spacial score (nSPS) is 10.3. The van der Waals surface area contributed by atoms with Crippen LogP contribution in [0.2, 0.25) is 10.0 Å². The molecule has 26 heavy (non-hydrogen) atoms. The maximum atomic E-state index is 11.8. The van der Waals surface area contributed by atoms with Crippen LogP contribution in [0.1, 0.15) is 12.6 Å². The maximum absolute atomic E-state index is 11.8. The van der Waals surface area contributed by atoms with Gasteiger partial charge in [-0.3, -0.25) is 4.79 Å². The van der Waals surface area contributed by atoms with Gasteiger partial charge in [-0.25, -0.2) is 4.98 Å². The second kappa shape index (κ2) is 10.0. The number of aromatic nitrogens is 2. The maximum Gasteiger partial charge on any atom is 0.258 e. The van der Waals surface area contributed by atoms with Crippen LogP contribution in [0.5, 0.6) is 5.75 Å². The van der Waals surface area contributed by atoms with E-state index in [-0.39, 0.29) is 12.5 Å². The van der Waals surface area contributed by atoms with E-state index in [2.05, 4.69) is 25.9 Å². The summed E-state index contributed by atoms with van der Waals surface area (Å²) in [4.78, 5) is 20.5. The Bertz CT molecular complexity index is 758. The summed E-state index contributed by atoms with van der Waals surface area (Å²) in [5, 5.41) is 9.83. The van der Waals surface area contributed by atoms with Gasteiger partial charge in [0.25, 0.3) is 5.91 Å². The SMILES string of the molecule is CCNc1cc(C)nc(NCCNC(=O)COc2ccc(Cl)cc2Cl)n1. The van der Waals surface area contributed by atoms with E-state index in [4.69, 9.17) is 27.9 Å². The van der Waals surface area contributed by atoms with Crippen molar-refractivity contribution < 1.29 is 9.53 Å². The van der Waals surface area contributed by atoms with Gasteiger partial charge in [0.15, 0.2) is 6.61 Å². The summed E-state index contributed by atoms with van der Waals surface area (Å²) in [7, 11) is 0. The van der Waals surface area contributed by atoms with Crippen LogP contribution in [0.25, 0.3) is 0 Å². The minimum Gasteiger partial charge on any atom is -0.482 e. The number of anilines is 2. The number of nitrogens with one attached hydrogen (secondary N) is 3. The lowest BCUT2D eigenvalue weighted by atomic mass is 10.3. The molecule has 1 heterocycles. The molecule has 140 valence electrons. The number of ether oxygens (including phenoxy) is 1. The highest BCUT2D eigenvalue weighted by Gasteiger charge is 2.06. The third-order valence-corrected chi connectivity index (χ3v) is 3.73. The fraction of sp³-hybridized carbons (Fsp3) is 0.353. The standard InChI is InChI=1S/C17H21Cl2N5O2/c1-3-20-15-8-11(2)23-17(24-15)22-7-6-21-16(25)10-26-14-5-4-12(18)9-13(14)19/h4-5,8-9H,3,6-7,10H2,1-2H3,(H,21,25)(H2,20,22,23,24). The van der Waals surface area contributed by atoms with Crippen LogP contribution in [0.4, 0.5) is 11.8 Å². The van der Waals surface area contributed by atoms with Crippen LogP contribution in [0, 0.1) is 6.92 Å². The van der Waals surface area contributed by atoms with Crippen molar-refractivity contribution in [3.8, 4) is 5.75 Å². The molecule has 0 aliphatic carbocycles. The molecule has 9 heteroatoms. The molecular weight excluding hydrogens is 377 g/mol. The fourth-order valence-corrected chi connectivity index (χ4v) is 2.55. The number of aryl methyl sites for hydroxylation is 1. The summed E-state index contributed by atoms with van der Waals surface area (Å²) in [5.74, 6) is 1.43. The van der Waals surface area contributed by atoms with Crippen molar-refractivity contribution in [2.24, 2.45) is 0 Å². The Balaban J connectivity index is 1.71. The predicted octanol–water partition coefficient (Wildman–Crippen LogP) is 3.13. The van der Waals surface area contributed by atoms with Gasteiger partial charge in [-0.15, -0.1) is 0 Å². The zero-order valence-electron chi connectivity index (χ0n) is 14.6. The monoisotopic (exact) mass is 397 g/mol. The molecule has 7 nitrogen and oxygen atoms in total. The Morgan fingerprint density at radius 2 is 1.96 bits per heavy atom. The Hall–Kier alpha value is -2.25. The summed E-state index contributed by atoms with van der Waals surface area (Å²) in [6.07, 6.45) is 0. The molecule has 0 aliphatic rings. The third-order valence-electron chi connectivity index (χ3n) is 3.20. The van der Waals surface area contributed by atoms with Gasteiger partial charge in [0.05, 0.1) is 5.02 Å². The fourth-order valence-electron chi connectivity index (χ4n) is 2.08. The van der Waals surface area contributed by atoms with Crippen molar-refractivity contribution in [3.63, 3.8) is 0 Å². The molecule has 2 aromatic rings. The summed E-state index contributed by atoms with van der Waals surface area (Å²) in [6, 6.07) is 6.70. The van der Waals surface area contributed by atoms with E-state index in [0.29, 0.717) is 34.8 Å². The lowest BCUT2D eigenvalue weighted by molar-refractivity contribution is -0.123. The highest BCUT2D eigenvalue weighted by Crippen LogP contribution is 2.27. The Morgan fingerprint density at radius 1 is 1.15 bits per heavy atom. The molecule has 0 saturated heterocycles. The first-order valence-corrected chi connectivity index (χ1v) is 8.91. The quantitative estimate of drug-likeness (QED) is 0.563. The summed E-state index contributed by atoms with van der Waals surface area (Å²) in [5.41, 5.74) is 0.857. The molecule has 2 rings (SSSR count). The predicted molar refractivity (Wildman–Crippen MR) is 104 cm³/mol. The highest BCUT2D eigenvalue weighted by molar-refractivity contribution is 6.35. The third kappa shape index (κ3) is 6.57. The lowest BCUT2D eigenvalue weighted by Crippen LogP contribution is -2.33. The topological polar surface area (TPSA) is 88.2 Å². The smallest absolute Gasteiger partial charge is 0.258 e. The zero-order valence-corrected chi connectivity index (χ0v) is 16.1. The molecular formula is C17H21Cl2N5O2. The van der Waals surface area contributed by atoms with Crippen molar-refractivity contribution in [1.82, 2.24) is 15.3 Å². The molecule has 0 atom stereocenters. The number of nitrogens with zero attached hydrogens (tertiary/aromatic N) is 2. The van der Waals surface area contributed by atoms with Crippen LogP contribution >= 0.6 is 23.2 Å². The molecule has 0 bridgehead atoms. The molecule has 1 aromatic carbocycles. The molecule has 0 saturated carbocycles. The molecule has 0 unspecified atom stereocenters. The zero-order chi connectivity index (χ0) is 18.9. The molecule has 3 N–H and O–H groups in total. The molecule has 0 fully saturated rings. The first kappa shape index (κ1) is 20.1. The van der Waals surface area contributed by atoms with Gasteiger partial charge in [-0.05, 0) is 32.0 Å². The lowest BCUT2D eigenvalue weighted by Gasteiger charge is -2.10. The van der Waals surface area contributed by atoms with Gasteiger partial charge in [-0.2, -0.15) is 4.98 Å². The second-order valence-electron chi connectivity index (χ2n) is 5.39. The van der Waals surface area contributed by atoms with E-state index >= 15 is 0 Å². The Kier molecular flexibility index (Phi) is 7.74. The van der Waals surface area contributed by atoms with E-state index in [9.17, 15) is 4.79 Å². The average molecular weight is 398 g/mol. The van der Waals surface area contributed by atoms with Gasteiger partial charge in [0.1, 0.15) is 11.6 Å². The number of halogens is 2. The van der Waals surface area contributed by atoms with E-state index in [1.807, 2.05) is 19.9 Å². The van der Waals surface area contributed by atoms with E-state index in [0.717, 1.165) is 18.1 Å². The Labute approximate surface area is 162 Å². The summed E-state index contributed by atoms with van der Waals surface area (Å²) in [6.45, 7) is 5.44. The van der Waals surface area contributed by atoms with Gasteiger partial charge in [-0.1, -0.05) is 23.2 Å². The second-order valence-corrected chi connectivity index (χ2v) is 6.23. The van der Waals surface area contributed by atoms with E-state index < -0.39 is 0 Å². The van der Waals surface area contributed by atoms with Gasteiger partial charge < -0.3 is 20.7 Å². The van der Waals surface area contributed by atoms with Crippen LogP contribution in [-0.4, -0.2) is 42.1 Å². The van der Waals surface area contributed by atoms with Crippen molar-refractivity contribution in [1.29, 1.82) is 0 Å². The van der Waals surface area contributed by atoms with Gasteiger partial charge in [0, 0.05) is 36.4 Å². The molecule has 1 aromatic heterocycles. The van der Waals surface area contributed by atoms with Crippen molar-refractivity contribution >= 4 is 40.9 Å². The molecule has 1 amide bonds. The first-order chi connectivity index (χ1) is 12.5. The number of hydrogen-bond donors (Lipinski definition) is 3. The largest absolute Gasteiger partial charge is 0.482 e. The van der Waals surface area contributed by atoms with Crippen molar-refractivity contribution in [2.75, 3.05) is 36.9 Å². The summed E-state index contributed by atoms with van der Waals surface area (Å²) < 4.78 is 5.37. The van der Waals surface area contributed by atoms with Crippen molar-refractivity contribution in [3.05, 3.63) is 40.0 Å². The Morgan fingerprint density at radius 3 is 2.69 bits per heavy atom. The molecule has 0 spiro atoms. The van der Waals surface area contributed by atoms with Crippen LogP contribution in [-0.2, 0) is 4.79 Å². The van der Waals surface area contributed by atoms with Crippen LogP contribution in [0.15, 0.2) is 24.3 Å². The average Bonchev–Trinajstić information content (AvgIpc) is 2.58. The minimum atomic E-state index is -0.253. The number of rotatable bonds is 9. The van der Waals surface area contributed by atoms with Gasteiger partial charge in [0.2, 0.25) is 5.95 Å². The number of benzene rings is 1.